The molecule has 2 N–H and O–H groups in total. The number of amides is 2. The van der Waals surface area contributed by atoms with E-state index in [0.29, 0.717) is 28.0 Å². The highest BCUT2D eigenvalue weighted by molar-refractivity contribution is 7.80. The minimum atomic E-state index is -0.593. The van der Waals surface area contributed by atoms with E-state index < -0.39 is 11.8 Å². The summed E-state index contributed by atoms with van der Waals surface area (Å²) in [5, 5.41) is 5.37. The molecule has 1 saturated heterocycles. The molecule has 0 radical (unpaired) electrons. The molecule has 5 nitrogen and oxygen atoms in total. The Balaban J connectivity index is 2.45. The van der Waals surface area contributed by atoms with Crippen molar-refractivity contribution < 1.29 is 14.3 Å². The molecule has 0 aromatic heterocycles. The van der Waals surface area contributed by atoms with Crippen LogP contribution in [-0.2, 0) is 9.59 Å². The number of hydrogen-bond donors (Lipinski definition) is 2. The summed E-state index contributed by atoms with van der Waals surface area (Å²) in [6.45, 7) is 4.41. The van der Waals surface area contributed by atoms with Crippen LogP contribution in [0.2, 0.25) is 10.0 Å². The fraction of sp³-hybridized carbons (Fsp3) is 0.267. The Morgan fingerprint density at radius 1 is 1.22 bits per heavy atom. The number of carbonyl (C=O) groups is 2. The zero-order chi connectivity index (χ0) is 17.1. The van der Waals surface area contributed by atoms with Gasteiger partial charge in [-0.1, -0.05) is 37.0 Å². The van der Waals surface area contributed by atoms with Crippen molar-refractivity contribution in [1.82, 2.24) is 10.6 Å². The second-order valence-electron chi connectivity index (χ2n) is 5.31. The number of carbonyl (C=O) groups excluding carboxylic acids is 2. The third kappa shape index (κ3) is 4.43. The molecule has 23 heavy (non-hydrogen) atoms. The highest BCUT2D eigenvalue weighted by Gasteiger charge is 2.26. The first-order valence-corrected chi connectivity index (χ1v) is 7.94. The van der Waals surface area contributed by atoms with Crippen LogP contribution in [0, 0.1) is 5.92 Å². The number of halogens is 2. The molecule has 122 valence electrons. The molecule has 0 spiro atoms. The highest BCUT2D eigenvalue weighted by Crippen LogP contribution is 2.34. The monoisotopic (exact) mass is 372 g/mol. The SMILES string of the molecule is CC(C)COc1c(Cl)cc(Cl)cc1C=C1C(=O)NC(=S)NC1=O. The van der Waals surface area contributed by atoms with Gasteiger partial charge in [-0.3, -0.25) is 20.2 Å². The third-order valence-corrected chi connectivity index (χ3v) is 3.54. The van der Waals surface area contributed by atoms with Crippen LogP contribution in [0.15, 0.2) is 17.7 Å². The number of benzene rings is 1. The van der Waals surface area contributed by atoms with Crippen LogP contribution in [0.4, 0.5) is 0 Å². The third-order valence-electron chi connectivity index (χ3n) is 2.84. The molecule has 2 rings (SSSR count). The first-order valence-electron chi connectivity index (χ1n) is 6.78. The standard InChI is InChI=1S/C15H14Cl2N2O3S/c1-7(2)6-22-12-8(3-9(16)5-11(12)17)4-10-13(20)18-15(23)19-14(10)21/h3-5,7H,6H2,1-2H3,(H2,18,19,20,21,23). The van der Waals surface area contributed by atoms with E-state index >= 15 is 0 Å². The van der Waals surface area contributed by atoms with Crippen molar-refractivity contribution in [3.8, 4) is 5.75 Å². The number of nitrogens with one attached hydrogen (secondary N) is 2. The lowest BCUT2D eigenvalue weighted by Gasteiger charge is -2.18. The normalized spacial score (nSPS) is 14.7. The number of hydrogen-bond acceptors (Lipinski definition) is 4. The number of rotatable bonds is 4. The molecule has 2 amide bonds. The van der Waals surface area contributed by atoms with E-state index in [1.807, 2.05) is 13.8 Å². The van der Waals surface area contributed by atoms with Crippen LogP contribution in [0.1, 0.15) is 19.4 Å². The molecule has 0 unspecified atom stereocenters. The largest absolute Gasteiger partial charge is 0.491 e. The van der Waals surface area contributed by atoms with Crippen molar-refractivity contribution in [1.29, 1.82) is 0 Å². The van der Waals surface area contributed by atoms with E-state index in [9.17, 15) is 9.59 Å². The Morgan fingerprint density at radius 3 is 2.39 bits per heavy atom. The van der Waals surface area contributed by atoms with E-state index in [-0.39, 0.29) is 16.6 Å². The molecular weight excluding hydrogens is 359 g/mol. The van der Waals surface area contributed by atoms with Gasteiger partial charge in [-0.25, -0.2) is 0 Å². The van der Waals surface area contributed by atoms with Gasteiger partial charge in [0, 0.05) is 10.6 Å². The minimum absolute atomic E-state index is 0.0300. The minimum Gasteiger partial charge on any atom is -0.491 e. The Hall–Kier alpha value is -1.63. The molecule has 0 atom stereocenters. The zero-order valence-corrected chi connectivity index (χ0v) is 14.7. The van der Waals surface area contributed by atoms with E-state index in [2.05, 4.69) is 10.6 Å². The Morgan fingerprint density at radius 2 is 1.83 bits per heavy atom. The fourth-order valence-electron chi connectivity index (χ4n) is 1.85. The van der Waals surface area contributed by atoms with Gasteiger partial charge in [0.25, 0.3) is 11.8 Å². The smallest absolute Gasteiger partial charge is 0.263 e. The molecule has 1 aliphatic heterocycles. The van der Waals surface area contributed by atoms with E-state index in [4.69, 9.17) is 40.2 Å². The second-order valence-corrected chi connectivity index (χ2v) is 6.56. The summed E-state index contributed by atoms with van der Waals surface area (Å²) >= 11 is 16.9. The van der Waals surface area contributed by atoms with Gasteiger partial charge in [0.2, 0.25) is 0 Å². The lowest BCUT2D eigenvalue weighted by molar-refractivity contribution is -0.123. The molecule has 1 aromatic carbocycles. The van der Waals surface area contributed by atoms with E-state index in [1.54, 1.807) is 6.07 Å². The molecule has 0 bridgehead atoms. The predicted molar refractivity (Wildman–Crippen MR) is 93.7 cm³/mol. The van der Waals surface area contributed by atoms with Crippen LogP contribution in [0.5, 0.6) is 5.75 Å². The highest BCUT2D eigenvalue weighted by atomic mass is 35.5. The van der Waals surface area contributed by atoms with Crippen LogP contribution >= 0.6 is 35.4 Å². The van der Waals surface area contributed by atoms with Gasteiger partial charge in [0.05, 0.1) is 11.6 Å². The van der Waals surface area contributed by atoms with E-state index in [0.717, 1.165) is 0 Å². The number of ether oxygens (including phenoxy) is 1. The van der Waals surface area contributed by atoms with Gasteiger partial charge < -0.3 is 4.74 Å². The Labute approximate surface area is 149 Å². The molecule has 8 heteroatoms. The maximum Gasteiger partial charge on any atom is 0.263 e. The summed E-state index contributed by atoms with van der Waals surface area (Å²) < 4.78 is 5.69. The molecule has 0 saturated carbocycles. The topological polar surface area (TPSA) is 67.4 Å². The maximum atomic E-state index is 11.9. The molecule has 1 fully saturated rings. The average Bonchev–Trinajstić information content (AvgIpc) is 2.41. The van der Waals surface area contributed by atoms with Crippen LogP contribution in [-0.4, -0.2) is 23.5 Å². The molecular formula is C15H14Cl2N2O3S. The summed E-state index contributed by atoms with van der Waals surface area (Å²) in [5.74, 6) is -0.541. The van der Waals surface area contributed by atoms with E-state index in [1.165, 1.54) is 12.1 Å². The van der Waals surface area contributed by atoms with Crippen molar-refractivity contribution in [2.75, 3.05) is 6.61 Å². The van der Waals surface area contributed by atoms with Gasteiger partial charge >= 0.3 is 0 Å². The quantitative estimate of drug-likeness (QED) is 0.484. The number of thiocarbonyl (C=S) groups is 1. The second kappa shape index (κ2) is 7.29. The van der Waals surface area contributed by atoms with Gasteiger partial charge in [0.15, 0.2) is 5.11 Å². The van der Waals surface area contributed by atoms with Crippen LogP contribution in [0.3, 0.4) is 0 Å². The summed E-state index contributed by atoms with van der Waals surface area (Å²) in [4.78, 5) is 23.9. The summed E-state index contributed by atoms with van der Waals surface area (Å²) in [5.41, 5.74) is 0.336. The zero-order valence-electron chi connectivity index (χ0n) is 12.4. The predicted octanol–water partition coefficient (Wildman–Crippen LogP) is 2.94. The molecule has 1 aliphatic rings. The van der Waals surface area contributed by atoms with Crippen LogP contribution in [0.25, 0.3) is 6.08 Å². The lowest BCUT2D eigenvalue weighted by Crippen LogP contribution is -2.51. The Bertz CT molecular complexity index is 695. The average molecular weight is 373 g/mol. The summed E-state index contributed by atoms with van der Waals surface area (Å²) in [7, 11) is 0. The van der Waals surface area contributed by atoms with Crippen molar-refractivity contribution >= 4 is 58.4 Å². The first kappa shape index (κ1) is 17.7. The van der Waals surface area contributed by atoms with Gasteiger partial charge in [-0.2, -0.15) is 0 Å². The first-order chi connectivity index (χ1) is 10.8. The van der Waals surface area contributed by atoms with Crippen molar-refractivity contribution in [2.45, 2.75) is 13.8 Å². The molecule has 1 aromatic rings. The van der Waals surface area contributed by atoms with Gasteiger partial charge in [0.1, 0.15) is 11.3 Å². The molecule has 0 aliphatic carbocycles. The lowest BCUT2D eigenvalue weighted by atomic mass is 10.1. The molecule has 1 heterocycles. The van der Waals surface area contributed by atoms with Crippen molar-refractivity contribution in [3.05, 3.63) is 33.3 Å². The maximum absolute atomic E-state index is 11.9. The van der Waals surface area contributed by atoms with Gasteiger partial charge in [-0.15, -0.1) is 0 Å². The van der Waals surface area contributed by atoms with Crippen LogP contribution < -0.4 is 15.4 Å². The summed E-state index contributed by atoms with van der Waals surface area (Å²) in [6, 6.07) is 3.11. The summed E-state index contributed by atoms with van der Waals surface area (Å²) in [6.07, 6.45) is 1.37. The Kier molecular flexibility index (Phi) is 5.62. The van der Waals surface area contributed by atoms with Crippen molar-refractivity contribution in [3.63, 3.8) is 0 Å². The van der Waals surface area contributed by atoms with Gasteiger partial charge in [-0.05, 0) is 36.3 Å². The fourth-order valence-corrected chi connectivity index (χ4v) is 2.60. The van der Waals surface area contributed by atoms with Crippen molar-refractivity contribution in [2.24, 2.45) is 5.92 Å².